The quantitative estimate of drug-likeness (QED) is 0.687. The molecular weight excluding hydrogens is 258 g/mol. The van der Waals surface area contributed by atoms with Crippen LogP contribution in [0.1, 0.15) is 21.5 Å². The second-order valence-electron chi connectivity index (χ2n) is 4.50. The first-order chi connectivity index (χ1) is 9.47. The van der Waals surface area contributed by atoms with Crippen molar-refractivity contribution in [2.24, 2.45) is 0 Å². The van der Waals surface area contributed by atoms with Gasteiger partial charge < -0.3 is 20.6 Å². The Kier molecular flexibility index (Phi) is 3.79. The molecular formula is C15H15NO4. The molecule has 0 aromatic heterocycles. The Balaban J connectivity index is 2.18. The molecule has 0 aliphatic carbocycles. The van der Waals surface area contributed by atoms with Gasteiger partial charge in [0.2, 0.25) is 0 Å². The molecule has 5 nitrogen and oxygen atoms in total. The van der Waals surface area contributed by atoms with Crippen molar-refractivity contribution >= 4 is 11.7 Å². The highest BCUT2D eigenvalue weighted by Gasteiger charge is 2.07. The van der Waals surface area contributed by atoms with Crippen molar-refractivity contribution in [2.75, 3.05) is 5.32 Å². The van der Waals surface area contributed by atoms with Crippen molar-refractivity contribution in [1.29, 1.82) is 0 Å². The second kappa shape index (κ2) is 5.52. The van der Waals surface area contributed by atoms with Gasteiger partial charge in [0.25, 0.3) is 0 Å². The summed E-state index contributed by atoms with van der Waals surface area (Å²) in [5, 5.41) is 31.0. The predicted octanol–water partition coefficient (Wildman–Crippen LogP) is 2.72. The fourth-order valence-corrected chi connectivity index (χ4v) is 1.84. The number of benzene rings is 2. The summed E-state index contributed by atoms with van der Waals surface area (Å²) < 4.78 is 0. The Morgan fingerprint density at radius 1 is 1.15 bits per heavy atom. The molecule has 0 unspecified atom stereocenters. The van der Waals surface area contributed by atoms with E-state index in [0.29, 0.717) is 17.8 Å². The average molecular weight is 273 g/mol. The van der Waals surface area contributed by atoms with Crippen molar-refractivity contribution < 1.29 is 20.1 Å². The summed E-state index contributed by atoms with van der Waals surface area (Å²) >= 11 is 0. The van der Waals surface area contributed by atoms with Crippen molar-refractivity contribution in [3.05, 3.63) is 53.1 Å². The number of carboxylic acid groups (broad SMARTS) is 1. The van der Waals surface area contributed by atoms with Crippen LogP contribution in [0.4, 0.5) is 5.69 Å². The number of hydrogen-bond acceptors (Lipinski definition) is 4. The van der Waals surface area contributed by atoms with Gasteiger partial charge in [0.15, 0.2) is 0 Å². The standard InChI is InChI=1S/C15H15NO4/c1-9-2-3-10(15(19)20)6-13(9)16-8-11-4-5-12(17)7-14(11)18/h2-7,16-18H,8H2,1H3,(H,19,20). The van der Waals surface area contributed by atoms with E-state index in [0.717, 1.165) is 5.56 Å². The molecule has 2 aromatic rings. The number of phenols is 2. The minimum atomic E-state index is -0.986. The molecule has 0 amide bonds. The molecule has 0 radical (unpaired) electrons. The smallest absolute Gasteiger partial charge is 0.335 e. The van der Waals surface area contributed by atoms with E-state index in [-0.39, 0.29) is 17.1 Å². The summed E-state index contributed by atoms with van der Waals surface area (Å²) in [6, 6.07) is 9.17. The van der Waals surface area contributed by atoms with E-state index in [1.807, 2.05) is 6.92 Å². The number of carbonyl (C=O) groups is 1. The van der Waals surface area contributed by atoms with E-state index in [2.05, 4.69) is 5.32 Å². The van der Waals surface area contributed by atoms with Gasteiger partial charge in [-0.1, -0.05) is 6.07 Å². The van der Waals surface area contributed by atoms with Crippen molar-refractivity contribution in [1.82, 2.24) is 0 Å². The molecule has 0 atom stereocenters. The lowest BCUT2D eigenvalue weighted by atomic mass is 10.1. The lowest BCUT2D eigenvalue weighted by Crippen LogP contribution is -2.04. The summed E-state index contributed by atoms with van der Waals surface area (Å²) in [5.41, 5.74) is 2.42. The van der Waals surface area contributed by atoms with Gasteiger partial charge in [-0.05, 0) is 36.8 Å². The Hall–Kier alpha value is -2.69. The Labute approximate surface area is 116 Å². The number of anilines is 1. The van der Waals surface area contributed by atoms with Crippen molar-refractivity contribution in [3.8, 4) is 11.5 Å². The summed E-state index contributed by atoms with van der Waals surface area (Å²) in [4.78, 5) is 10.9. The molecule has 20 heavy (non-hydrogen) atoms. The van der Waals surface area contributed by atoms with Gasteiger partial charge in [-0.2, -0.15) is 0 Å². The first-order valence-electron chi connectivity index (χ1n) is 6.06. The Morgan fingerprint density at radius 3 is 2.55 bits per heavy atom. The zero-order chi connectivity index (χ0) is 14.7. The van der Waals surface area contributed by atoms with Gasteiger partial charge in [0, 0.05) is 23.9 Å². The van der Waals surface area contributed by atoms with E-state index < -0.39 is 5.97 Å². The Morgan fingerprint density at radius 2 is 1.90 bits per heavy atom. The van der Waals surface area contributed by atoms with Crippen LogP contribution in [0.25, 0.3) is 0 Å². The van der Waals surface area contributed by atoms with Gasteiger partial charge >= 0.3 is 5.97 Å². The largest absolute Gasteiger partial charge is 0.508 e. The van der Waals surface area contributed by atoms with Gasteiger partial charge in [-0.15, -0.1) is 0 Å². The predicted molar refractivity (Wildman–Crippen MR) is 75.2 cm³/mol. The normalized spacial score (nSPS) is 10.2. The van der Waals surface area contributed by atoms with Crippen LogP contribution in [0.3, 0.4) is 0 Å². The maximum atomic E-state index is 10.9. The van der Waals surface area contributed by atoms with Crippen LogP contribution in [0.15, 0.2) is 36.4 Å². The first kappa shape index (κ1) is 13.7. The van der Waals surface area contributed by atoms with E-state index >= 15 is 0 Å². The van der Waals surface area contributed by atoms with Crippen LogP contribution in [-0.4, -0.2) is 21.3 Å². The minimum Gasteiger partial charge on any atom is -0.508 e. The third-order valence-electron chi connectivity index (χ3n) is 3.02. The molecule has 0 saturated carbocycles. The maximum Gasteiger partial charge on any atom is 0.335 e. The number of rotatable bonds is 4. The summed E-state index contributed by atoms with van der Waals surface area (Å²) in [6.45, 7) is 2.20. The number of aryl methyl sites for hydroxylation is 1. The topological polar surface area (TPSA) is 89.8 Å². The number of nitrogens with one attached hydrogen (secondary N) is 1. The molecule has 2 rings (SSSR count). The van der Waals surface area contributed by atoms with Crippen LogP contribution < -0.4 is 5.32 Å². The summed E-state index contributed by atoms with van der Waals surface area (Å²) in [6.07, 6.45) is 0. The molecule has 5 heteroatoms. The molecule has 0 heterocycles. The average Bonchev–Trinajstić information content (AvgIpc) is 2.39. The first-order valence-corrected chi connectivity index (χ1v) is 6.06. The highest BCUT2D eigenvalue weighted by Crippen LogP contribution is 2.24. The molecule has 2 aromatic carbocycles. The fourth-order valence-electron chi connectivity index (χ4n) is 1.84. The van der Waals surface area contributed by atoms with Crippen molar-refractivity contribution in [2.45, 2.75) is 13.5 Å². The van der Waals surface area contributed by atoms with Gasteiger partial charge in [-0.25, -0.2) is 4.79 Å². The SMILES string of the molecule is Cc1ccc(C(=O)O)cc1NCc1ccc(O)cc1O. The van der Waals surface area contributed by atoms with Crippen LogP contribution in [-0.2, 0) is 6.54 Å². The summed E-state index contributed by atoms with van der Waals surface area (Å²) in [5.74, 6) is -1.000. The molecule has 0 fully saturated rings. The summed E-state index contributed by atoms with van der Waals surface area (Å²) in [7, 11) is 0. The zero-order valence-electron chi connectivity index (χ0n) is 10.9. The molecule has 0 aliphatic heterocycles. The molecule has 104 valence electrons. The van der Waals surface area contributed by atoms with E-state index in [1.54, 1.807) is 24.3 Å². The van der Waals surface area contributed by atoms with Crippen LogP contribution in [0.2, 0.25) is 0 Å². The fraction of sp³-hybridized carbons (Fsp3) is 0.133. The third kappa shape index (κ3) is 3.00. The van der Waals surface area contributed by atoms with Crippen LogP contribution >= 0.6 is 0 Å². The van der Waals surface area contributed by atoms with E-state index in [4.69, 9.17) is 5.11 Å². The third-order valence-corrected chi connectivity index (χ3v) is 3.02. The molecule has 0 spiro atoms. The van der Waals surface area contributed by atoms with Gasteiger partial charge in [0.05, 0.1) is 5.56 Å². The molecule has 0 saturated heterocycles. The Bertz CT molecular complexity index is 652. The number of aromatic carboxylic acids is 1. The van der Waals surface area contributed by atoms with Crippen LogP contribution in [0.5, 0.6) is 11.5 Å². The lowest BCUT2D eigenvalue weighted by Gasteiger charge is -2.11. The highest BCUT2D eigenvalue weighted by atomic mass is 16.4. The second-order valence-corrected chi connectivity index (χ2v) is 4.50. The van der Waals surface area contributed by atoms with Crippen LogP contribution in [0, 0.1) is 6.92 Å². The van der Waals surface area contributed by atoms with Crippen molar-refractivity contribution in [3.63, 3.8) is 0 Å². The lowest BCUT2D eigenvalue weighted by molar-refractivity contribution is 0.0697. The molecule has 0 bridgehead atoms. The maximum absolute atomic E-state index is 10.9. The number of carboxylic acids is 1. The zero-order valence-corrected chi connectivity index (χ0v) is 10.9. The van der Waals surface area contributed by atoms with Gasteiger partial charge in [0.1, 0.15) is 11.5 Å². The number of hydrogen-bond donors (Lipinski definition) is 4. The minimum absolute atomic E-state index is 0.00435. The van der Waals surface area contributed by atoms with E-state index in [9.17, 15) is 15.0 Å². The molecule has 0 aliphatic rings. The highest BCUT2D eigenvalue weighted by molar-refractivity contribution is 5.89. The molecule has 4 N–H and O–H groups in total. The number of aromatic hydroxyl groups is 2. The van der Waals surface area contributed by atoms with E-state index in [1.165, 1.54) is 12.1 Å². The van der Waals surface area contributed by atoms with Gasteiger partial charge in [-0.3, -0.25) is 0 Å². The number of phenolic OH excluding ortho intramolecular Hbond substituents is 2. The monoisotopic (exact) mass is 273 g/mol.